The fourth-order valence-corrected chi connectivity index (χ4v) is 2.34. The fourth-order valence-electron chi connectivity index (χ4n) is 2.34. The molecule has 3 rings (SSSR count). The Morgan fingerprint density at radius 2 is 2.21 bits per heavy atom. The lowest BCUT2D eigenvalue weighted by Gasteiger charge is -2.34. The van der Waals surface area contributed by atoms with Crippen LogP contribution in [0.4, 0.5) is 11.4 Å². The van der Waals surface area contributed by atoms with Crippen LogP contribution in [-0.2, 0) is 4.74 Å². The van der Waals surface area contributed by atoms with Crippen LogP contribution in [0, 0.1) is 5.21 Å². The van der Waals surface area contributed by atoms with Gasteiger partial charge in [-0.05, 0) is 17.9 Å². The van der Waals surface area contributed by atoms with Gasteiger partial charge in [0, 0.05) is 6.08 Å². The molecule has 98 valence electrons. The highest BCUT2D eigenvalue weighted by Gasteiger charge is 2.40. The number of hydrogen-bond donors (Lipinski definition) is 1. The molecule has 0 amide bonds. The Morgan fingerprint density at radius 1 is 1.42 bits per heavy atom. The summed E-state index contributed by atoms with van der Waals surface area (Å²) in [4.78, 5) is 0. The van der Waals surface area contributed by atoms with E-state index in [0.717, 1.165) is 5.06 Å². The van der Waals surface area contributed by atoms with Gasteiger partial charge in [0.25, 0.3) is 0 Å². The van der Waals surface area contributed by atoms with E-state index in [9.17, 15) is 15.5 Å². The molecule has 1 heterocycles. The van der Waals surface area contributed by atoms with Gasteiger partial charge in [0.1, 0.15) is 11.4 Å². The summed E-state index contributed by atoms with van der Waals surface area (Å²) in [6.45, 7) is 0. The van der Waals surface area contributed by atoms with E-state index < -0.39 is 11.8 Å². The summed E-state index contributed by atoms with van der Waals surface area (Å²) >= 11 is 0. The van der Waals surface area contributed by atoms with Gasteiger partial charge in [0.15, 0.2) is 6.04 Å². The summed E-state index contributed by atoms with van der Waals surface area (Å²) in [6, 6.07) is 3.57. The molecule has 6 nitrogen and oxygen atoms in total. The number of para-hydroxylation sites is 1. The van der Waals surface area contributed by atoms with Gasteiger partial charge in [0.05, 0.1) is 7.11 Å². The Hall–Kier alpha value is -2.47. The van der Waals surface area contributed by atoms with Gasteiger partial charge in [-0.3, -0.25) is 5.21 Å². The summed E-state index contributed by atoms with van der Waals surface area (Å²) in [5, 5.41) is 35.2. The van der Waals surface area contributed by atoms with Gasteiger partial charge in [0.2, 0.25) is 11.4 Å². The molecule has 0 saturated heterocycles. The minimum Gasteiger partial charge on any atom is -0.868 e. The van der Waals surface area contributed by atoms with E-state index in [0.29, 0.717) is 10.5 Å². The van der Waals surface area contributed by atoms with Crippen molar-refractivity contribution >= 4 is 17.1 Å². The molecule has 2 aliphatic rings. The van der Waals surface area contributed by atoms with Crippen molar-refractivity contribution in [3.05, 3.63) is 47.4 Å². The van der Waals surface area contributed by atoms with Crippen molar-refractivity contribution in [3.8, 4) is 5.75 Å². The number of fused-ring (bicyclic) bond motifs is 2. The lowest BCUT2D eigenvalue weighted by Crippen LogP contribution is -2.47. The molecule has 0 spiro atoms. The van der Waals surface area contributed by atoms with Crippen molar-refractivity contribution in [2.75, 3.05) is 12.2 Å². The molecular weight excluding hydrogens is 248 g/mol. The zero-order valence-electron chi connectivity index (χ0n) is 10.1. The average molecular weight is 259 g/mol. The lowest BCUT2D eigenvalue weighted by atomic mass is 10.00. The van der Waals surface area contributed by atoms with Crippen LogP contribution < -0.4 is 10.2 Å². The van der Waals surface area contributed by atoms with Crippen LogP contribution in [0.2, 0.25) is 0 Å². The van der Waals surface area contributed by atoms with Gasteiger partial charge in [-0.15, -0.1) is 0 Å². The SMILES string of the molecule is COC1=CC=CC2=[N+]([O-])c3c([O-])cccc3N(O)C12. The van der Waals surface area contributed by atoms with Crippen LogP contribution in [0.25, 0.3) is 0 Å². The lowest BCUT2D eigenvalue weighted by molar-refractivity contribution is -0.380. The first kappa shape index (κ1) is 11.6. The van der Waals surface area contributed by atoms with E-state index in [-0.39, 0.29) is 17.1 Å². The Kier molecular flexibility index (Phi) is 2.46. The van der Waals surface area contributed by atoms with Crippen molar-refractivity contribution in [1.82, 2.24) is 0 Å². The van der Waals surface area contributed by atoms with E-state index in [4.69, 9.17) is 4.74 Å². The highest BCUT2D eigenvalue weighted by molar-refractivity contribution is 6.03. The molecule has 1 aromatic carbocycles. The maximum Gasteiger partial charge on any atom is 0.234 e. The summed E-state index contributed by atoms with van der Waals surface area (Å²) < 4.78 is 5.72. The molecule has 6 heteroatoms. The van der Waals surface area contributed by atoms with Crippen molar-refractivity contribution in [2.24, 2.45) is 0 Å². The largest absolute Gasteiger partial charge is 0.868 e. The van der Waals surface area contributed by atoms with Crippen molar-refractivity contribution < 1.29 is 19.8 Å². The number of ether oxygens (including phenoxy) is 1. The molecule has 1 aromatic rings. The first-order valence-electron chi connectivity index (χ1n) is 5.69. The maximum atomic E-state index is 12.3. The van der Waals surface area contributed by atoms with E-state index in [1.807, 2.05) is 0 Å². The van der Waals surface area contributed by atoms with Gasteiger partial charge in [-0.25, -0.2) is 5.06 Å². The molecule has 1 aliphatic carbocycles. The Balaban J connectivity index is 2.26. The first-order chi connectivity index (χ1) is 9.15. The van der Waals surface area contributed by atoms with Crippen LogP contribution in [0.15, 0.2) is 42.2 Å². The summed E-state index contributed by atoms with van der Waals surface area (Å²) in [5.74, 6) is 0.00206. The monoisotopic (exact) mass is 259 g/mol. The molecule has 0 bridgehead atoms. The van der Waals surface area contributed by atoms with Crippen LogP contribution in [0.5, 0.6) is 5.75 Å². The third-order valence-corrected chi connectivity index (χ3v) is 3.22. The topological polar surface area (TPSA) is 81.8 Å². The average Bonchev–Trinajstić information content (AvgIpc) is 2.43. The molecular formula is C13H11N2O4-. The zero-order valence-corrected chi connectivity index (χ0v) is 10.1. The molecule has 0 fully saturated rings. The van der Waals surface area contributed by atoms with E-state index in [1.54, 1.807) is 18.2 Å². The van der Waals surface area contributed by atoms with Gasteiger partial charge in [-0.1, -0.05) is 18.2 Å². The van der Waals surface area contributed by atoms with Crippen molar-refractivity contribution in [1.29, 1.82) is 0 Å². The van der Waals surface area contributed by atoms with E-state index in [2.05, 4.69) is 0 Å². The first-order valence-corrected chi connectivity index (χ1v) is 5.69. The quantitative estimate of drug-likeness (QED) is 0.601. The molecule has 0 saturated carbocycles. The zero-order chi connectivity index (χ0) is 13.6. The van der Waals surface area contributed by atoms with Gasteiger partial charge < -0.3 is 15.1 Å². The van der Waals surface area contributed by atoms with Crippen LogP contribution in [-0.4, -0.2) is 28.8 Å². The van der Waals surface area contributed by atoms with E-state index >= 15 is 0 Å². The number of nitrogens with zero attached hydrogens (tertiary/aromatic N) is 2. The Bertz CT molecular complexity index is 634. The molecule has 1 N–H and O–H groups in total. The third kappa shape index (κ3) is 1.50. The second kappa shape index (κ2) is 4.03. The molecule has 19 heavy (non-hydrogen) atoms. The number of hydroxylamine groups is 1. The summed E-state index contributed by atoms with van der Waals surface area (Å²) in [7, 11) is 1.46. The highest BCUT2D eigenvalue weighted by Crippen LogP contribution is 2.40. The normalized spacial score (nSPS) is 20.8. The predicted molar refractivity (Wildman–Crippen MR) is 66.5 cm³/mol. The van der Waals surface area contributed by atoms with Crippen molar-refractivity contribution in [3.63, 3.8) is 0 Å². The van der Waals surface area contributed by atoms with E-state index in [1.165, 1.54) is 25.3 Å². The minimum absolute atomic E-state index is 0.0850. The standard InChI is InChI=1S/C13H12N2O4/c1-19-11-7-3-5-9-13(11)15(18)8-4-2-6-10(16)12(8)14(9)17/h2-7,13,16,18H,1H3/p-1. The number of benzene rings is 1. The fraction of sp³-hybridized carbons (Fsp3) is 0.154. The Labute approximate surface area is 109 Å². The molecule has 0 aromatic heterocycles. The maximum absolute atomic E-state index is 12.3. The summed E-state index contributed by atoms with van der Waals surface area (Å²) in [5.41, 5.74) is 0.338. The molecule has 1 unspecified atom stereocenters. The second-order valence-corrected chi connectivity index (χ2v) is 4.22. The number of rotatable bonds is 1. The number of anilines is 1. The Morgan fingerprint density at radius 3 is 2.95 bits per heavy atom. The molecule has 0 radical (unpaired) electrons. The number of hydrogen-bond acceptors (Lipinski definition) is 5. The number of methoxy groups -OCH3 is 1. The highest BCUT2D eigenvalue weighted by atomic mass is 16.5. The second-order valence-electron chi connectivity index (χ2n) is 4.22. The number of allylic oxidation sites excluding steroid dienone is 2. The smallest absolute Gasteiger partial charge is 0.234 e. The van der Waals surface area contributed by atoms with Crippen molar-refractivity contribution in [2.45, 2.75) is 6.04 Å². The van der Waals surface area contributed by atoms with Gasteiger partial charge in [-0.2, -0.15) is 4.74 Å². The van der Waals surface area contributed by atoms with Crippen LogP contribution in [0.1, 0.15) is 0 Å². The minimum atomic E-state index is -0.734. The van der Waals surface area contributed by atoms with Gasteiger partial charge >= 0.3 is 0 Å². The van der Waals surface area contributed by atoms with Crippen LogP contribution >= 0.6 is 0 Å². The third-order valence-electron chi connectivity index (χ3n) is 3.22. The molecule has 1 aliphatic heterocycles. The summed E-state index contributed by atoms with van der Waals surface area (Å²) in [6.07, 6.45) is 4.86. The predicted octanol–water partition coefficient (Wildman–Crippen LogP) is 1.02. The van der Waals surface area contributed by atoms with Crippen LogP contribution in [0.3, 0.4) is 0 Å². The molecule has 1 atom stereocenters.